The van der Waals surface area contributed by atoms with Crippen LogP contribution in [-0.4, -0.2) is 27.2 Å². The summed E-state index contributed by atoms with van der Waals surface area (Å²) in [5.41, 5.74) is 6.02. The Morgan fingerprint density at radius 1 is 1.00 bits per heavy atom. The van der Waals surface area contributed by atoms with Gasteiger partial charge < -0.3 is 4.23 Å². The Balaban J connectivity index is 2.92. The molecule has 0 aliphatic rings. The van der Waals surface area contributed by atoms with Gasteiger partial charge in [0.25, 0.3) is 0 Å². The zero-order chi connectivity index (χ0) is 15.4. The standard InChI is InChI=1S/C17H29NSi2/c1-16(13-14-17-11-9-8-10-12-17)15-18(19(2,3)4)20(5,6)7/h8-12,14H,15H2,1-7H3. The molecule has 0 aliphatic carbocycles. The van der Waals surface area contributed by atoms with Gasteiger partial charge in [-0.05, 0) is 24.1 Å². The van der Waals surface area contributed by atoms with Crippen molar-refractivity contribution < 1.29 is 0 Å². The van der Waals surface area contributed by atoms with Crippen molar-refractivity contribution in [3.63, 3.8) is 0 Å². The Hall–Kier alpha value is -0.866. The molecular formula is C17H29NSi2. The fraction of sp³-hybridized carbons (Fsp3) is 0.471. The van der Waals surface area contributed by atoms with E-state index in [1.54, 1.807) is 0 Å². The summed E-state index contributed by atoms with van der Waals surface area (Å²) >= 11 is 0. The average molecular weight is 304 g/mol. The third-order valence-electron chi connectivity index (χ3n) is 3.30. The lowest BCUT2D eigenvalue weighted by Crippen LogP contribution is -2.59. The topological polar surface area (TPSA) is 3.24 Å². The normalized spacial score (nSPS) is 12.2. The van der Waals surface area contributed by atoms with Gasteiger partial charge in [-0.15, -0.1) is 5.73 Å². The van der Waals surface area contributed by atoms with Crippen molar-refractivity contribution >= 4 is 22.5 Å². The second-order valence-electron chi connectivity index (χ2n) is 7.41. The summed E-state index contributed by atoms with van der Waals surface area (Å²) in [7, 11) is -2.55. The minimum Gasteiger partial charge on any atom is -0.342 e. The van der Waals surface area contributed by atoms with Crippen molar-refractivity contribution in [1.82, 2.24) is 4.23 Å². The van der Waals surface area contributed by atoms with Crippen LogP contribution in [0, 0.1) is 0 Å². The first-order valence-corrected chi connectivity index (χ1v) is 14.2. The highest BCUT2D eigenvalue weighted by Gasteiger charge is 2.33. The summed E-state index contributed by atoms with van der Waals surface area (Å²) in [5.74, 6) is 0. The monoisotopic (exact) mass is 303 g/mol. The van der Waals surface area contributed by atoms with Crippen LogP contribution in [0.1, 0.15) is 12.5 Å². The molecule has 20 heavy (non-hydrogen) atoms. The van der Waals surface area contributed by atoms with E-state index in [4.69, 9.17) is 0 Å². The number of nitrogens with zero attached hydrogens (tertiary/aromatic N) is 1. The van der Waals surface area contributed by atoms with E-state index in [0.29, 0.717) is 0 Å². The molecule has 1 rings (SSSR count). The molecule has 0 N–H and O–H groups in total. The first kappa shape index (κ1) is 17.2. The van der Waals surface area contributed by atoms with Crippen LogP contribution >= 0.6 is 0 Å². The van der Waals surface area contributed by atoms with Crippen molar-refractivity contribution in [3.8, 4) is 0 Å². The van der Waals surface area contributed by atoms with E-state index in [1.165, 1.54) is 11.1 Å². The molecule has 0 spiro atoms. The van der Waals surface area contributed by atoms with Crippen molar-refractivity contribution in [3.05, 3.63) is 47.2 Å². The molecule has 0 unspecified atom stereocenters. The molecule has 0 aliphatic heterocycles. The molecule has 0 fully saturated rings. The highest BCUT2D eigenvalue weighted by Crippen LogP contribution is 2.20. The molecule has 0 aromatic heterocycles. The van der Waals surface area contributed by atoms with Crippen LogP contribution in [0.3, 0.4) is 0 Å². The maximum Gasteiger partial charge on any atom is 0.112 e. The minimum absolute atomic E-state index is 1.06. The Morgan fingerprint density at radius 2 is 1.50 bits per heavy atom. The van der Waals surface area contributed by atoms with E-state index >= 15 is 0 Å². The third kappa shape index (κ3) is 5.63. The molecule has 0 atom stereocenters. The van der Waals surface area contributed by atoms with Gasteiger partial charge in [-0.2, -0.15) is 0 Å². The number of hydrogen-bond acceptors (Lipinski definition) is 1. The zero-order valence-electron chi connectivity index (χ0n) is 14.1. The fourth-order valence-corrected chi connectivity index (χ4v) is 12.0. The summed E-state index contributed by atoms with van der Waals surface area (Å²) in [6, 6.07) is 10.4. The van der Waals surface area contributed by atoms with Gasteiger partial charge in [0.05, 0.1) is 0 Å². The molecule has 0 amide bonds. The van der Waals surface area contributed by atoms with Crippen molar-refractivity contribution in [2.24, 2.45) is 0 Å². The minimum atomic E-state index is -1.27. The van der Waals surface area contributed by atoms with Crippen LogP contribution < -0.4 is 0 Å². The van der Waals surface area contributed by atoms with Gasteiger partial charge in [0.1, 0.15) is 16.5 Å². The summed E-state index contributed by atoms with van der Waals surface area (Å²) in [6.45, 7) is 17.9. The van der Waals surface area contributed by atoms with Crippen LogP contribution in [0.25, 0.3) is 6.08 Å². The van der Waals surface area contributed by atoms with E-state index in [9.17, 15) is 0 Å². The van der Waals surface area contributed by atoms with Gasteiger partial charge in [0, 0.05) is 6.54 Å². The molecular weight excluding hydrogens is 274 g/mol. The highest BCUT2D eigenvalue weighted by atomic mass is 28.4. The lowest BCUT2D eigenvalue weighted by molar-refractivity contribution is 0.667. The van der Waals surface area contributed by atoms with Gasteiger partial charge in [0.2, 0.25) is 0 Å². The van der Waals surface area contributed by atoms with Gasteiger partial charge >= 0.3 is 0 Å². The number of rotatable bonds is 5. The second-order valence-corrected chi connectivity index (χ2v) is 17.6. The van der Waals surface area contributed by atoms with Crippen LogP contribution in [0.5, 0.6) is 0 Å². The first-order valence-electron chi connectivity index (χ1n) is 7.36. The maximum atomic E-state index is 3.47. The Bertz CT molecular complexity index is 472. The van der Waals surface area contributed by atoms with Gasteiger partial charge in [-0.1, -0.05) is 69.6 Å². The molecule has 1 aromatic rings. The predicted molar refractivity (Wildman–Crippen MR) is 97.0 cm³/mol. The van der Waals surface area contributed by atoms with Crippen molar-refractivity contribution in [2.45, 2.75) is 46.2 Å². The number of hydrogen-bond donors (Lipinski definition) is 0. The van der Waals surface area contributed by atoms with E-state index in [0.717, 1.165) is 6.54 Å². The zero-order valence-corrected chi connectivity index (χ0v) is 16.1. The van der Waals surface area contributed by atoms with Crippen molar-refractivity contribution in [1.29, 1.82) is 0 Å². The van der Waals surface area contributed by atoms with Gasteiger partial charge in [0.15, 0.2) is 0 Å². The molecule has 1 aromatic carbocycles. The summed E-state index contributed by atoms with van der Waals surface area (Å²) in [6.07, 6.45) is 2.10. The lowest BCUT2D eigenvalue weighted by atomic mass is 10.2. The second kappa shape index (κ2) is 6.73. The van der Waals surface area contributed by atoms with Crippen LogP contribution in [-0.2, 0) is 0 Å². The third-order valence-corrected chi connectivity index (χ3v) is 10.9. The molecule has 3 heteroatoms. The Labute approximate surface area is 127 Å². The maximum absolute atomic E-state index is 3.47. The highest BCUT2D eigenvalue weighted by molar-refractivity contribution is 6.89. The van der Waals surface area contributed by atoms with E-state index in [1.807, 2.05) is 6.07 Å². The van der Waals surface area contributed by atoms with E-state index in [2.05, 4.69) is 86.5 Å². The molecule has 0 heterocycles. The quantitative estimate of drug-likeness (QED) is 0.532. The van der Waals surface area contributed by atoms with Crippen LogP contribution in [0.15, 0.2) is 41.6 Å². The van der Waals surface area contributed by atoms with Crippen LogP contribution in [0.4, 0.5) is 0 Å². The average Bonchev–Trinajstić information content (AvgIpc) is 2.32. The molecule has 0 saturated carbocycles. The fourth-order valence-electron chi connectivity index (χ4n) is 2.52. The van der Waals surface area contributed by atoms with E-state index < -0.39 is 16.5 Å². The first-order chi connectivity index (χ1) is 9.10. The Morgan fingerprint density at radius 3 is 1.95 bits per heavy atom. The van der Waals surface area contributed by atoms with Crippen LogP contribution in [0.2, 0.25) is 39.3 Å². The molecule has 0 saturated heterocycles. The molecule has 0 bridgehead atoms. The molecule has 0 radical (unpaired) electrons. The summed E-state index contributed by atoms with van der Waals surface area (Å²) in [5, 5.41) is 0. The summed E-state index contributed by atoms with van der Waals surface area (Å²) in [4.78, 5) is 0. The van der Waals surface area contributed by atoms with Gasteiger partial charge in [-0.3, -0.25) is 0 Å². The Kier molecular flexibility index (Phi) is 5.78. The smallest absolute Gasteiger partial charge is 0.112 e. The number of benzene rings is 1. The van der Waals surface area contributed by atoms with Gasteiger partial charge in [-0.25, -0.2) is 0 Å². The predicted octanol–water partition coefficient (Wildman–Crippen LogP) is 5.22. The lowest BCUT2D eigenvalue weighted by Gasteiger charge is -2.43. The largest absolute Gasteiger partial charge is 0.342 e. The summed E-state index contributed by atoms with van der Waals surface area (Å²) < 4.78 is 2.79. The molecule has 1 nitrogen and oxygen atoms in total. The van der Waals surface area contributed by atoms with E-state index in [-0.39, 0.29) is 0 Å². The SMILES string of the molecule is CC(=C=Cc1ccccc1)CN([Si](C)(C)C)[Si](C)(C)C. The van der Waals surface area contributed by atoms with Crippen molar-refractivity contribution in [2.75, 3.05) is 6.54 Å². The molecule has 110 valence electrons.